The molecule has 0 saturated heterocycles. The summed E-state index contributed by atoms with van der Waals surface area (Å²) in [6, 6.07) is 10.6. The Morgan fingerprint density at radius 1 is 1.30 bits per heavy atom. The van der Waals surface area contributed by atoms with Gasteiger partial charge in [-0.2, -0.15) is 0 Å². The van der Waals surface area contributed by atoms with E-state index in [1.165, 1.54) is 0 Å². The fourth-order valence-electron chi connectivity index (χ4n) is 1.71. The highest BCUT2D eigenvalue weighted by Crippen LogP contribution is 2.30. The summed E-state index contributed by atoms with van der Waals surface area (Å²) >= 11 is 9.50. The smallest absolute Gasteiger partial charge is 0.153 e. The third kappa shape index (κ3) is 3.32. The molecule has 0 aliphatic rings. The second kappa shape index (κ2) is 6.77. The minimum atomic E-state index is 0.280. The number of aldehydes is 1. The summed E-state index contributed by atoms with van der Waals surface area (Å²) in [7, 11) is 1.60. The van der Waals surface area contributed by atoms with Gasteiger partial charge in [0.25, 0.3) is 0 Å². The Bertz CT molecular complexity index is 629. The Morgan fingerprint density at radius 2 is 2.10 bits per heavy atom. The Labute approximate surface area is 130 Å². The van der Waals surface area contributed by atoms with Crippen LogP contribution < -0.4 is 9.47 Å². The van der Waals surface area contributed by atoms with Gasteiger partial charge in [0.1, 0.15) is 18.1 Å². The highest BCUT2D eigenvalue weighted by molar-refractivity contribution is 9.10. The summed E-state index contributed by atoms with van der Waals surface area (Å²) in [6.07, 6.45) is 0.724. The topological polar surface area (TPSA) is 35.5 Å². The van der Waals surface area contributed by atoms with Crippen molar-refractivity contribution in [3.05, 3.63) is 57.0 Å². The standard InChI is InChI=1S/C15H12BrClO3/c1-19-12-5-6-13(16)11(7-12)9-20-15-10(8-18)3-2-4-14(15)17/h2-8H,9H2,1H3. The van der Waals surface area contributed by atoms with Crippen LogP contribution in [0, 0.1) is 0 Å². The molecular weight excluding hydrogens is 344 g/mol. The van der Waals surface area contributed by atoms with Gasteiger partial charge in [-0.15, -0.1) is 0 Å². The minimum Gasteiger partial charge on any atom is -0.497 e. The second-order valence-electron chi connectivity index (χ2n) is 4.02. The second-order valence-corrected chi connectivity index (χ2v) is 5.28. The molecule has 0 N–H and O–H groups in total. The van der Waals surface area contributed by atoms with Gasteiger partial charge < -0.3 is 9.47 Å². The largest absolute Gasteiger partial charge is 0.497 e. The van der Waals surface area contributed by atoms with Crippen LogP contribution in [-0.4, -0.2) is 13.4 Å². The highest BCUT2D eigenvalue weighted by atomic mass is 79.9. The van der Waals surface area contributed by atoms with Crippen molar-refractivity contribution in [3.8, 4) is 11.5 Å². The maximum Gasteiger partial charge on any atom is 0.153 e. The van der Waals surface area contributed by atoms with Gasteiger partial charge in [0.05, 0.1) is 17.7 Å². The Hall–Kier alpha value is -1.52. The maximum absolute atomic E-state index is 11.0. The van der Waals surface area contributed by atoms with E-state index in [9.17, 15) is 4.79 Å². The van der Waals surface area contributed by atoms with Gasteiger partial charge in [-0.1, -0.05) is 33.6 Å². The van der Waals surface area contributed by atoms with Gasteiger partial charge in [-0.25, -0.2) is 0 Å². The van der Waals surface area contributed by atoms with Gasteiger partial charge in [-0.3, -0.25) is 4.79 Å². The van der Waals surface area contributed by atoms with Crippen molar-refractivity contribution in [1.29, 1.82) is 0 Å². The molecule has 0 fully saturated rings. The summed E-state index contributed by atoms with van der Waals surface area (Å²) in [5.41, 5.74) is 1.33. The molecule has 0 aliphatic carbocycles. The van der Waals surface area contributed by atoms with E-state index >= 15 is 0 Å². The molecule has 0 aliphatic heterocycles. The van der Waals surface area contributed by atoms with Crippen LogP contribution in [0.1, 0.15) is 15.9 Å². The zero-order valence-electron chi connectivity index (χ0n) is 10.7. The van der Waals surface area contributed by atoms with Crippen LogP contribution in [0.15, 0.2) is 40.9 Å². The number of benzene rings is 2. The molecule has 104 valence electrons. The lowest BCUT2D eigenvalue weighted by Gasteiger charge is -2.12. The molecule has 2 aromatic rings. The number of hydrogen-bond donors (Lipinski definition) is 0. The molecule has 20 heavy (non-hydrogen) atoms. The lowest BCUT2D eigenvalue weighted by Crippen LogP contribution is -2.00. The summed E-state index contributed by atoms with van der Waals surface area (Å²) < 4.78 is 11.7. The van der Waals surface area contributed by atoms with Gasteiger partial charge in [0, 0.05) is 10.0 Å². The minimum absolute atomic E-state index is 0.280. The lowest BCUT2D eigenvalue weighted by molar-refractivity contribution is 0.111. The Morgan fingerprint density at radius 3 is 2.80 bits per heavy atom. The van der Waals surface area contributed by atoms with E-state index in [2.05, 4.69) is 15.9 Å². The van der Waals surface area contributed by atoms with Crippen molar-refractivity contribution in [2.45, 2.75) is 6.61 Å². The Balaban J connectivity index is 2.23. The molecule has 2 aromatic carbocycles. The average molecular weight is 356 g/mol. The van der Waals surface area contributed by atoms with Crippen molar-refractivity contribution < 1.29 is 14.3 Å². The molecule has 3 nitrogen and oxygen atoms in total. The monoisotopic (exact) mass is 354 g/mol. The first-order valence-corrected chi connectivity index (χ1v) is 7.01. The van der Waals surface area contributed by atoms with Crippen LogP contribution in [0.3, 0.4) is 0 Å². The SMILES string of the molecule is COc1ccc(Br)c(COc2c(Cl)cccc2C=O)c1. The van der Waals surface area contributed by atoms with Crippen molar-refractivity contribution in [1.82, 2.24) is 0 Å². The van der Waals surface area contributed by atoms with Crippen LogP contribution in [0.25, 0.3) is 0 Å². The lowest BCUT2D eigenvalue weighted by atomic mass is 10.2. The number of methoxy groups -OCH3 is 1. The molecule has 5 heteroatoms. The molecule has 2 rings (SSSR count). The van der Waals surface area contributed by atoms with Gasteiger partial charge in [0.2, 0.25) is 0 Å². The van der Waals surface area contributed by atoms with Crippen LogP contribution in [0.5, 0.6) is 11.5 Å². The fourth-order valence-corrected chi connectivity index (χ4v) is 2.31. The zero-order chi connectivity index (χ0) is 14.5. The summed E-state index contributed by atoms with van der Waals surface area (Å²) in [5.74, 6) is 1.13. The van der Waals surface area contributed by atoms with Crippen molar-refractivity contribution >= 4 is 33.8 Å². The fraction of sp³-hybridized carbons (Fsp3) is 0.133. The number of hydrogen-bond acceptors (Lipinski definition) is 3. The third-order valence-corrected chi connectivity index (χ3v) is 3.82. The number of para-hydroxylation sites is 1. The van der Waals surface area contributed by atoms with Gasteiger partial charge in [-0.05, 0) is 30.3 Å². The predicted molar refractivity (Wildman–Crippen MR) is 81.9 cm³/mol. The normalized spacial score (nSPS) is 10.2. The molecule has 0 saturated carbocycles. The molecule has 0 spiro atoms. The van der Waals surface area contributed by atoms with E-state index in [-0.39, 0.29) is 6.61 Å². The highest BCUT2D eigenvalue weighted by Gasteiger charge is 2.09. The quantitative estimate of drug-likeness (QED) is 0.741. The third-order valence-electron chi connectivity index (χ3n) is 2.75. The predicted octanol–water partition coefficient (Wildman–Crippen LogP) is 4.50. The summed E-state index contributed by atoms with van der Waals surface area (Å²) in [6.45, 7) is 0.280. The van der Waals surface area contributed by atoms with Crippen LogP contribution >= 0.6 is 27.5 Å². The molecule has 0 atom stereocenters. The van der Waals surface area contributed by atoms with Crippen LogP contribution in [-0.2, 0) is 6.61 Å². The van der Waals surface area contributed by atoms with E-state index in [0.717, 1.165) is 22.1 Å². The first-order valence-electron chi connectivity index (χ1n) is 5.84. The maximum atomic E-state index is 11.0. The first-order chi connectivity index (χ1) is 9.65. The first kappa shape index (κ1) is 14.9. The number of carbonyl (C=O) groups excluding carboxylic acids is 1. The summed E-state index contributed by atoms with van der Waals surface area (Å²) in [5, 5.41) is 0.411. The molecule has 0 aromatic heterocycles. The number of rotatable bonds is 5. The molecule has 0 heterocycles. The van der Waals surface area contributed by atoms with Gasteiger partial charge in [0.15, 0.2) is 6.29 Å². The Kier molecular flexibility index (Phi) is 5.04. The number of carbonyl (C=O) groups is 1. The number of ether oxygens (including phenoxy) is 2. The van der Waals surface area contributed by atoms with Crippen LogP contribution in [0.2, 0.25) is 5.02 Å². The summed E-state index contributed by atoms with van der Waals surface area (Å²) in [4.78, 5) is 11.0. The van der Waals surface area contributed by atoms with Crippen molar-refractivity contribution in [3.63, 3.8) is 0 Å². The molecule has 0 bridgehead atoms. The van der Waals surface area contributed by atoms with E-state index < -0.39 is 0 Å². The number of halogens is 2. The molecule has 0 unspecified atom stereocenters. The van der Waals surface area contributed by atoms with E-state index in [0.29, 0.717) is 16.3 Å². The molecule has 0 amide bonds. The van der Waals surface area contributed by atoms with E-state index in [1.807, 2.05) is 18.2 Å². The van der Waals surface area contributed by atoms with Gasteiger partial charge >= 0.3 is 0 Å². The van der Waals surface area contributed by atoms with E-state index in [4.69, 9.17) is 21.1 Å². The average Bonchev–Trinajstić information content (AvgIpc) is 2.47. The van der Waals surface area contributed by atoms with Crippen molar-refractivity contribution in [2.24, 2.45) is 0 Å². The van der Waals surface area contributed by atoms with Crippen LogP contribution in [0.4, 0.5) is 0 Å². The molecule has 0 radical (unpaired) electrons. The zero-order valence-corrected chi connectivity index (χ0v) is 13.1. The molecular formula is C15H12BrClO3. The van der Waals surface area contributed by atoms with Crippen molar-refractivity contribution in [2.75, 3.05) is 7.11 Å². The van der Waals surface area contributed by atoms with E-state index in [1.54, 1.807) is 25.3 Å².